The van der Waals surface area contributed by atoms with Gasteiger partial charge in [0.15, 0.2) is 5.15 Å². The van der Waals surface area contributed by atoms with Crippen molar-refractivity contribution in [2.24, 2.45) is 0 Å². The standard InChI is InChI=1S/C13H12BrClN2O/c14-11-12(15)16-9-17(13(11)18)8-4-7-10-5-2-1-3-6-10/h1-3,5-6,9H,4,7-8H2. The molecule has 1 heterocycles. The zero-order valence-electron chi connectivity index (χ0n) is 9.64. The zero-order chi connectivity index (χ0) is 13.0. The molecule has 1 aromatic heterocycles. The van der Waals surface area contributed by atoms with E-state index in [2.05, 4.69) is 33.0 Å². The van der Waals surface area contributed by atoms with Crippen LogP contribution < -0.4 is 5.56 Å². The predicted molar refractivity (Wildman–Crippen MR) is 76.0 cm³/mol. The highest BCUT2D eigenvalue weighted by Crippen LogP contribution is 2.13. The average molecular weight is 328 g/mol. The van der Waals surface area contributed by atoms with Gasteiger partial charge in [0.2, 0.25) is 0 Å². The lowest BCUT2D eigenvalue weighted by molar-refractivity contribution is 0.609. The van der Waals surface area contributed by atoms with E-state index in [1.54, 1.807) is 4.57 Å². The second kappa shape index (κ2) is 6.16. The summed E-state index contributed by atoms with van der Waals surface area (Å²) in [7, 11) is 0. The molecule has 94 valence electrons. The first-order valence-corrected chi connectivity index (χ1v) is 6.80. The van der Waals surface area contributed by atoms with Crippen molar-refractivity contribution in [2.75, 3.05) is 0 Å². The van der Waals surface area contributed by atoms with Gasteiger partial charge in [0, 0.05) is 6.54 Å². The molecule has 0 atom stereocenters. The van der Waals surface area contributed by atoms with Crippen LogP contribution in [0.3, 0.4) is 0 Å². The third-order valence-electron chi connectivity index (χ3n) is 2.65. The van der Waals surface area contributed by atoms with Crippen LogP contribution >= 0.6 is 27.5 Å². The molecule has 0 aliphatic carbocycles. The average Bonchev–Trinajstić information content (AvgIpc) is 2.40. The van der Waals surface area contributed by atoms with Crippen molar-refractivity contribution >= 4 is 27.5 Å². The van der Waals surface area contributed by atoms with Crippen LogP contribution in [-0.2, 0) is 13.0 Å². The maximum absolute atomic E-state index is 11.8. The van der Waals surface area contributed by atoms with Gasteiger partial charge in [-0.05, 0) is 34.3 Å². The van der Waals surface area contributed by atoms with E-state index in [9.17, 15) is 4.79 Å². The highest BCUT2D eigenvalue weighted by atomic mass is 79.9. The molecule has 0 saturated heterocycles. The summed E-state index contributed by atoms with van der Waals surface area (Å²) in [5.74, 6) is 0. The summed E-state index contributed by atoms with van der Waals surface area (Å²) in [6.07, 6.45) is 3.31. The van der Waals surface area contributed by atoms with Crippen LogP contribution in [0.15, 0.2) is 45.9 Å². The summed E-state index contributed by atoms with van der Waals surface area (Å²) in [4.78, 5) is 15.8. The molecule has 5 heteroatoms. The van der Waals surface area contributed by atoms with E-state index in [4.69, 9.17) is 11.6 Å². The lowest BCUT2D eigenvalue weighted by Gasteiger charge is -2.06. The molecular weight excluding hydrogens is 316 g/mol. The van der Waals surface area contributed by atoms with E-state index in [1.165, 1.54) is 11.9 Å². The van der Waals surface area contributed by atoms with E-state index in [0.29, 0.717) is 11.0 Å². The first-order valence-electron chi connectivity index (χ1n) is 5.63. The molecule has 0 radical (unpaired) electrons. The molecule has 0 fully saturated rings. The van der Waals surface area contributed by atoms with Crippen molar-refractivity contribution in [1.82, 2.24) is 9.55 Å². The van der Waals surface area contributed by atoms with Crippen molar-refractivity contribution in [1.29, 1.82) is 0 Å². The van der Waals surface area contributed by atoms with Gasteiger partial charge in [-0.2, -0.15) is 0 Å². The fraction of sp³-hybridized carbons (Fsp3) is 0.231. The largest absolute Gasteiger partial charge is 0.298 e. The van der Waals surface area contributed by atoms with Crippen LogP contribution in [-0.4, -0.2) is 9.55 Å². The fourth-order valence-electron chi connectivity index (χ4n) is 1.70. The number of hydrogen-bond acceptors (Lipinski definition) is 2. The fourth-order valence-corrected chi connectivity index (χ4v) is 2.16. The van der Waals surface area contributed by atoms with Crippen molar-refractivity contribution in [3.05, 3.63) is 62.2 Å². The Kier molecular flexibility index (Phi) is 4.55. The van der Waals surface area contributed by atoms with Gasteiger partial charge in [-0.25, -0.2) is 4.98 Å². The predicted octanol–water partition coefficient (Wildman–Crippen LogP) is 3.29. The first kappa shape index (κ1) is 13.3. The molecule has 1 aromatic carbocycles. The molecule has 0 N–H and O–H groups in total. The lowest BCUT2D eigenvalue weighted by atomic mass is 10.1. The van der Waals surface area contributed by atoms with E-state index in [-0.39, 0.29) is 10.7 Å². The molecule has 0 saturated carbocycles. The van der Waals surface area contributed by atoms with Crippen molar-refractivity contribution in [2.45, 2.75) is 19.4 Å². The van der Waals surface area contributed by atoms with Crippen LogP contribution in [0, 0.1) is 0 Å². The molecule has 0 unspecified atom stereocenters. The van der Waals surface area contributed by atoms with E-state index in [1.807, 2.05) is 18.2 Å². The molecule has 0 bridgehead atoms. The topological polar surface area (TPSA) is 34.9 Å². The Hall–Kier alpha value is -1.13. The summed E-state index contributed by atoms with van der Waals surface area (Å²) >= 11 is 8.88. The number of nitrogens with zero attached hydrogens (tertiary/aromatic N) is 2. The third-order valence-corrected chi connectivity index (χ3v) is 3.88. The van der Waals surface area contributed by atoms with Crippen molar-refractivity contribution < 1.29 is 0 Å². The summed E-state index contributed by atoms with van der Waals surface area (Å²) in [5.41, 5.74) is 1.13. The second-order valence-corrected chi connectivity index (χ2v) is 5.09. The maximum Gasteiger partial charge on any atom is 0.269 e. The third kappa shape index (κ3) is 3.21. The van der Waals surface area contributed by atoms with Crippen LogP contribution in [0.4, 0.5) is 0 Å². The van der Waals surface area contributed by atoms with Gasteiger partial charge in [-0.1, -0.05) is 41.9 Å². The highest BCUT2D eigenvalue weighted by Gasteiger charge is 2.06. The van der Waals surface area contributed by atoms with Crippen LogP contribution in [0.5, 0.6) is 0 Å². The Labute approximate surface area is 119 Å². The number of aromatic nitrogens is 2. The van der Waals surface area contributed by atoms with Gasteiger partial charge in [-0.3, -0.25) is 9.36 Å². The number of rotatable bonds is 4. The van der Waals surface area contributed by atoms with Crippen molar-refractivity contribution in [3.8, 4) is 0 Å². The van der Waals surface area contributed by atoms with Gasteiger partial charge in [0.1, 0.15) is 4.47 Å². The summed E-state index contributed by atoms with van der Waals surface area (Å²) in [6.45, 7) is 0.635. The normalized spacial score (nSPS) is 10.6. The summed E-state index contributed by atoms with van der Waals surface area (Å²) < 4.78 is 1.89. The Morgan fingerprint density at radius 1 is 1.28 bits per heavy atom. The number of benzene rings is 1. The SMILES string of the molecule is O=c1c(Br)c(Cl)ncn1CCCc1ccccc1. The van der Waals surface area contributed by atoms with Crippen LogP contribution in [0.25, 0.3) is 0 Å². The maximum atomic E-state index is 11.8. The van der Waals surface area contributed by atoms with Gasteiger partial charge >= 0.3 is 0 Å². The van der Waals surface area contributed by atoms with Crippen LogP contribution in [0.2, 0.25) is 5.15 Å². The molecule has 3 nitrogen and oxygen atoms in total. The molecule has 0 amide bonds. The van der Waals surface area contributed by atoms with E-state index in [0.717, 1.165) is 12.8 Å². The number of hydrogen-bond donors (Lipinski definition) is 0. The molecule has 2 aromatic rings. The van der Waals surface area contributed by atoms with Crippen molar-refractivity contribution in [3.63, 3.8) is 0 Å². The Morgan fingerprint density at radius 3 is 2.72 bits per heavy atom. The number of aryl methyl sites for hydroxylation is 2. The zero-order valence-corrected chi connectivity index (χ0v) is 12.0. The first-order chi connectivity index (χ1) is 8.68. The van der Waals surface area contributed by atoms with Gasteiger partial charge in [0.05, 0.1) is 6.33 Å². The lowest BCUT2D eigenvalue weighted by Crippen LogP contribution is -2.21. The van der Waals surface area contributed by atoms with E-state index < -0.39 is 0 Å². The minimum Gasteiger partial charge on any atom is -0.298 e. The quantitative estimate of drug-likeness (QED) is 0.808. The summed E-state index contributed by atoms with van der Waals surface area (Å²) in [6, 6.07) is 10.2. The monoisotopic (exact) mass is 326 g/mol. The molecule has 0 aliphatic heterocycles. The highest BCUT2D eigenvalue weighted by molar-refractivity contribution is 9.10. The summed E-state index contributed by atoms with van der Waals surface area (Å²) in [5, 5.41) is 0.208. The van der Waals surface area contributed by atoms with Gasteiger partial charge in [-0.15, -0.1) is 0 Å². The Morgan fingerprint density at radius 2 is 2.00 bits per heavy atom. The van der Waals surface area contributed by atoms with Gasteiger partial charge in [0.25, 0.3) is 5.56 Å². The molecule has 18 heavy (non-hydrogen) atoms. The Balaban J connectivity index is 1.99. The molecule has 0 aliphatic rings. The number of halogens is 2. The molecular formula is C13H12BrClN2O. The Bertz CT molecular complexity index is 583. The van der Waals surface area contributed by atoms with Crippen LogP contribution in [0.1, 0.15) is 12.0 Å². The minimum atomic E-state index is -0.136. The second-order valence-electron chi connectivity index (χ2n) is 3.94. The molecule has 0 spiro atoms. The van der Waals surface area contributed by atoms with E-state index >= 15 is 0 Å². The minimum absolute atomic E-state index is 0.136. The smallest absolute Gasteiger partial charge is 0.269 e. The van der Waals surface area contributed by atoms with Gasteiger partial charge < -0.3 is 0 Å². The molecule has 2 rings (SSSR count).